The lowest BCUT2D eigenvalue weighted by atomic mass is 10.1. The average Bonchev–Trinajstić information content (AvgIpc) is 2.55. The predicted molar refractivity (Wildman–Crippen MR) is 83.9 cm³/mol. The van der Waals surface area contributed by atoms with E-state index in [2.05, 4.69) is 10.2 Å². The second-order valence-electron chi connectivity index (χ2n) is 5.18. The number of rotatable bonds is 6. The van der Waals surface area contributed by atoms with Crippen LogP contribution in [0.3, 0.4) is 0 Å². The van der Waals surface area contributed by atoms with E-state index in [0.717, 1.165) is 38.4 Å². The fraction of sp³-hybridized carbons (Fsp3) is 0.562. The number of carbonyl (C=O) groups is 1. The van der Waals surface area contributed by atoms with Gasteiger partial charge in [0.15, 0.2) is 0 Å². The Kier molecular flexibility index (Phi) is 6.03. The molecule has 1 aliphatic heterocycles. The molecule has 0 spiro atoms. The molecule has 0 unspecified atom stereocenters. The second kappa shape index (κ2) is 8.00. The lowest BCUT2D eigenvalue weighted by Crippen LogP contribution is -2.41. The van der Waals surface area contributed by atoms with E-state index >= 15 is 0 Å². The number of ether oxygens (including phenoxy) is 3. The van der Waals surface area contributed by atoms with Gasteiger partial charge in [-0.25, -0.2) is 0 Å². The molecule has 1 saturated heterocycles. The van der Waals surface area contributed by atoms with Crippen molar-refractivity contribution in [2.75, 3.05) is 53.6 Å². The third-order valence-corrected chi connectivity index (χ3v) is 3.84. The van der Waals surface area contributed by atoms with Gasteiger partial charge in [0.05, 0.1) is 33.0 Å². The second-order valence-corrected chi connectivity index (χ2v) is 5.18. The Balaban J connectivity index is 1.95. The quantitative estimate of drug-likeness (QED) is 0.852. The van der Waals surface area contributed by atoms with E-state index in [1.807, 2.05) is 6.92 Å². The minimum Gasteiger partial charge on any atom is -0.496 e. The molecule has 1 aromatic carbocycles. The standard InChI is InChI=1S/C16H24N2O4/c1-12-14(20-2)5-4-13(15(12)21-3)16(19)17-6-7-18-8-10-22-11-9-18/h4-5H,6-11H2,1-3H3,(H,17,19). The Morgan fingerprint density at radius 2 is 2.00 bits per heavy atom. The van der Waals surface area contributed by atoms with Crippen LogP contribution in [0.4, 0.5) is 0 Å². The SMILES string of the molecule is COc1ccc(C(=O)NCCN2CCOCC2)c(OC)c1C. The molecular weight excluding hydrogens is 284 g/mol. The smallest absolute Gasteiger partial charge is 0.255 e. The van der Waals surface area contributed by atoms with E-state index in [-0.39, 0.29) is 5.91 Å². The van der Waals surface area contributed by atoms with Gasteiger partial charge in [0.25, 0.3) is 5.91 Å². The van der Waals surface area contributed by atoms with Crippen molar-refractivity contribution >= 4 is 5.91 Å². The van der Waals surface area contributed by atoms with Crippen molar-refractivity contribution in [3.63, 3.8) is 0 Å². The van der Waals surface area contributed by atoms with Crippen molar-refractivity contribution in [3.05, 3.63) is 23.3 Å². The number of morpholine rings is 1. The summed E-state index contributed by atoms with van der Waals surface area (Å²) in [5.41, 5.74) is 1.36. The minimum absolute atomic E-state index is 0.129. The van der Waals surface area contributed by atoms with Crippen LogP contribution in [0.5, 0.6) is 11.5 Å². The molecule has 2 rings (SSSR count). The van der Waals surface area contributed by atoms with Gasteiger partial charge in [0, 0.05) is 31.7 Å². The maximum Gasteiger partial charge on any atom is 0.255 e. The molecule has 1 fully saturated rings. The van der Waals surface area contributed by atoms with Crippen molar-refractivity contribution in [1.29, 1.82) is 0 Å². The fourth-order valence-corrected chi connectivity index (χ4v) is 2.58. The molecule has 6 heteroatoms. The summed E-state index contributed by atoms with van der Waals surface area (Å²) in [4.78, 5) is 14.6. The van der Waals surface area contributed by atoms with Crippen LogP contribution in [0.1, 0.15) is 15.9 Å². The first kappa shape index (κ1) is 16.6. The number of hydrogen-bond donors (Lipinski definition) is 1. The molecule has 122 valence electrons. The Bertz CT molecular complexity index is 513. The summed E-state index contributed by atoms with van der Waals surface area (Å²) >= 11 is 0. The summed E-state index contributed by atoms with van der Waals surface area (Å²) in [7, 11) is 3.16. The zero-order chi connectivity index (χ0) is 15.9. The first-order valence-corrected chi connectivity index (χ1v) is 7.47. The van der Waals surface area contributed by atoms with Crippen LogP contribution in [-0.4, -0.2) is 64.4 Å². The summed E-state index contributed by atoms with van der Waals surface area (Å²) in [5, 5.41) is 2.94. The third kappa shape index (κ3) is 3.90. The number of nitrogens with one attached hydrogen (secondary N) is 1. The summed E-state index contributed by atoms with van der Waals surface area (Å²) in [6, 6.07) is 3.52. The van der Waals surface area contributed by atoms with E-state index < -0.39 is 0 Å². The first-order chi connectivity index (χ1) is 10.7. The number of hydrogen-bond acceptors (Lipinski definition) is 5. The topological polar surface area (TPSA) is 60.0 Å². The van der Waals surface area contributed by atoms with Crippen molar-refractivity contribution in [3.8, 4) is 11.5 Å². The molecule has 0 bridgehead atoms. The van der Waals surface area contributed by atoms with E-state index in [1.165, 1.54) is 0 Å². The largest absolute Gasteiger partial charge is 0.496 e. The number of methoxy groups -OCH3 is 2. The molecule has 6 nitrogen and oxygen atoms in total. The first-order valence-electron chi connectivity index (χ1n) is 7.47. The zero-order valence-electron chi connectivity index (χ0n) is 13.5. The van der Waals surface area contributed by atoms with Crippen molar-refractivity contribution in [1.82, 2.24) is 10.2 Å². The van der Waals surface area contributed by atoms with Crippen LogP contribution in [0, 0.1) is 6.92 Å². The monoisotopic (exact) mass is 308 g/mol. The summed E-state index contributed by atoms with van der Waals surface area (Å²) < 4.78 is 15.9. The maximum atomic E-state index is 12.3. The van der Waals surface area contributed by atoms with Crippen molar-refractivity contribution in [2.45, 2.75) is 6.92 Å². The highest BCUT2D eigenvalue weighted by Crippen LogP contribution is 2.31. The van der Waals surface area contributed by atoms with Gasteiger partial charge >= 0.3 is 0 Å². The molecule has 1 N–H and O–H groups in total. The van der Waals surface area contributed by atoms with Gasteiger partial charge in [-0.2, -0.15) is 0 Å². The molecule has 0 atom stereocenters. The normalized spacial score (nSPS) is 15.4. The van der Waals surface area contributed by atoms with Crippen LogP contribution in [0.25, 0.3) is 0 Å². The average molecular weight is 308 g/mol. The van der Waals surface area contributed by atoms with Crippen LogP contribution in [-0.2, 0) is 4.74 Å². The Hall–Kier alpha value is -1.79. The van der Waals surface area contributed by atoms with Gasteiger partial charge in [-0.1, -0.05) is 0 Å². The molecule has 0 saturated carbocycles. The third-order valence-electron chi connectivity index (χ3n) is 3.84. The Morgan fingerprint density at radius 1 is 1.27 bits per heavy atom. The number of benzene rings is 1. The Morgan fingerprint density at radius 3 is 2.64 bits per heavy atom. The van der Waals surface area contributed by atoms with E-state index in [0.29, 0.717) is 23.6 Å². The van der Waals surface area contributed by atoms with Gasteiger partial charge < -0.3 is 19.5 Å². The lowest BCUT2D eigenvalue weighted by molar-refractivity contribution is 0.0383. The van der Waals surface area contributed by atoms with E-state index in [9.17, 15) is 4.79 Å². The van der Waals surface area contributed by atoms with Crippen molar-refractivity contribution < 1.29 is 19.0 Å². The number of carbonyl (C=O) groups excluding carboxylic acids is 1. The highest BCUT2D eigenvalue weighted by Gasteiger charge is 2.17. The van der Waals surface area contributed by atoms with Gasteiger partial charge in [-0.3, -0.25) is 9.69 Å². The van der Waals surface area contributed by atoms with Crippen LogP contribution in [0.15, 0.2) is 12.1 Å². The highest BCUT2D eigenvalue weighted by atomic mass is 16.5. The zero-order valence-corrected chi connectivity index (χ0v) is 13.5. The predicted octanol–water partition coefficient (Wildman–Crippen LogP) is 1.07. The molecule has 1 heterocycles. The van der Waals surface area contributed by atoms with Gasteiger partial charge in [-0.15, -0.1) is 0 Å². The summed E-state index contributed by atoms with van der Waals surface area (Å²) in [5.74, 6) is 1.14. The molecule has 1 aromatic rings. The summed E-state index contributed by atoms with van der Waals surface area (Å²) in [6.45, 7) is 6.67. The van der Waals surface area contributed by atoms with Gasteiger partial charge in [0.2, 0.25) is 0 Å². The van der Waals surface area contributed by atoms with Crippen LogP contribution >= 0.6 is 0 Å². The van der Waals surface area contributed by atoms with Gasteiger partial charge in [0.1, 0.15) is 11.5 Å². The van der Waals surface area contributed by atoms with E-state index in [1.54, 1.807) is 26.4 Å². The summed E-state index contributed by atoms with van der Waals surface area (Å²) in [6.07, 6.45) is 0. The van der Waals surface area contributed by atoms with Crippen molar-refractivity contribution in [2.24, 2.45) is 0 Å². The molecule has 1 amide bonds. The maximum absolute atomic E-state index is 12.3. The fourth-order valence-electron chi connectivity index (χ4n) is 2.58. The van der Waals surface area contributed by atoms with Crippen LogP contribution in [0.2, 0.25) is 0 Å². The molecule has 0 aromatic heterocycles. The van der Waals surface area contributed by atoms with E-state index in [4.69, 9.17) is 14.2 Å². The molecule has 22 heavy (non-hydrogen) atoms. The molecule has 0 radical (unpaired) electrons. The minimum atomic E-state index is -0.129. The molecule has 1 aliphatic rings. The number of amides is 1. The highest BCUT2D eigenvalue weighted by molar-refractivity contribution is 5.97. The molecule has 0 aliphatic carbocycles. The number of nitrogens with zero attached hydrogens (tertiary/aromatic N) is 1. The lowest BCUT2D eigenvalue weighted by Gasteiger charge is -2.26. The van der Waals surface area contributed by atoms with Crippen LogP contribution < -0.4 is 14.8 Å². The molecular formula is C16H24N2O4. The van der Waals surface area contributed by atoms with Gasteiger partial charge in [-0.05, 0) is 19.1 Å². The Labute approximate surface area is 131 Å².